The van der Waals surface area contributed by atoms with E-state index in [9.17, 15) is 14.0 Å². The van der Waals surface area contributed by atoms with Crippen LogP contribution in [0.5, 0.6) is 0 Å². The summed E-state index contributed by atoms with van der Waals surface area (Å²) in [6.07, 6.45) is 0. The Hall–Kier alpha value is -3.55. The molecule has 5 rings (SSSR count). The number of benzene rings is 3. The second-order valence-electron chi connectivity index (χ2n) is 8.20. The van der Waals surface area contributed by atoms with Crippen LogP contribution in [0.3, 0.4) is 0 Å². The number of cyclic esters (lactones) is 1. The fourth-order valence-electron chi connectivity index (χ4n) is 4.74. The number of esters is 1. The van der Waals surface area contributed by atoms with Gasteiger partial charge < -0.3 is 15.4 Å². The zero-order valence-electron chi connectivity index (χ0n) is 17.9. The molecule has 0 spiro atoms. The Balaban J connectivity index is 1.54. The van der Waals surface area contributed by atoms with Gasteiger partial charge in [-0.05, 0) is 6.07 Å². The molecular weight excluding hydrogens is 421 g/mol. The third-order valence-electron chi connectivity index (χ3n) is 6.27. The molecule has 3 aromatic carbocycles. The van der Waals surface area contributed by atoms with Crippen molar-refractivity contribution in [2.24, 2.45) is 0 Å². The lowest BCUT2D eigenvalue weighted by Gasteiger charge is -2.44. The van der Waals surface area contributed by atoms with Crippen LogP contribution in [0.25, 0.3) is 0 Å². The number of piperazine rings is 1. The van der Waals surface area contributed by atoms with Gasteiger partial charge in [-0.1, -0.05) is 78.9 Å². The molecule has 33 heavy (non-hydrogen) atoms. The first-order valence-electron chi connectivity index (χ1n) is 11.0. The number of rotatable bonds is 5. The number of nitrogens with one attached hydrogen (secondary N) is 2. The summed E-state index contributed by atoms with van der Waals surface area (Å²) < 4.78 is 20.2. The van der Waals surface area contributed by atoms with Crippen molar-refractivity contribution < 1.29 is 18.7 Å². The minimum Gasteiger partial charge on any atom is -0.434 e. The van der Waals surface area contributed by atoms with Crippen LogP contribution in [-0.2, 0) is 26.6 Å². The van der Waals surface area contributed by atoms with Gasteiger partial charge >= 0.3 is 5.97 Å². The molecule has 6 nitrogen and oxygen atoms in total. The van der Waals surface area contributed by atoms with Crippen LogP contribution in [-0.4, -0.2) is 41.9 Å². The van der Waals surface area contributed by atoms with E-state index in [2.05, 4.69) is 10.6 Å². The molecular formula is C26H24FN3O3. The number of carbonyl (C=O) groups excluding carboxylic acids is 2. The Labute approximate surface area is 191 Å². The number of ether oxygens (including phenoxy) is 1. The molecule has 2 fully saturated rings. The molecule has 0 bridgehead atoms. The lowest BCUT2D eigenvalue weighted by molar-refractivity contribution is -0.153. The Morgan fingerprint density at radius 3 is 2.21 bits per heavy atom. The van der Waals surface area contributed by atoms with E-state index in [1.807, 2.05) is 65.6 Å². The van der Waals surface area contributed by atoms with Crippen LogP contribution in [0.1, 0.15) is 16.7 Å². The second kappa shape index (κ2) is 8.77. The molecule has 2 saturated heterocycles. The molecule has 2 aliphatic heterocycles. The molecule has 0 saturated carbocycles. The lowest BCUT2D eigenvalue weighted by atomic mass is 9.90. The van der Waals surface area contributed by atoms with Gasteiger partial charge in [-0.2, -0.15) is 0 Å². The summed E-state index contributed by atoms with van der Waals surface area (Å²) in [4.78, 5) is 28.3. The Kier molecular flexibility index (Phi) is 5.66. The molecule has 3 aromatic rings. The Morgan fingerprint density at radius 2 is 1.58 bits per heavy atom. The monoisotopic (exact) mass is 445 g/mol. The topological polar surface area (TPSA) is 70.7 Å². The third-order valence-corrected chi connectivity index (χ3v) is 6.27. The van der Waals surface area contributed by atoms with Crippen molar-refractivity contribution in [3.05, 3.63) is 107 Å². The predicted molar refractivity (Wildman–Crippen MR) is 120 cm³/mol. The zero-order valence-corrected chi connectivity index (χ0v) is 17.9. The highest BCUT2D eigenvalue weighted by Crippen LogP contribution is 2.45. The third kappa shape index (κ3) is 3.69. The van der Waals surface area contributed by atoms with Gasteiger partial charge in [0.25, 0.3) is 0 Å². The van der Waals surface area contributed by atoms with E-state index in [0.29, 0.717) is 18.7 Å². The molecule has 2 unspecified atom stereocenters. The number of hydrogen-bond acceptors (Lipinski definition) is 5. The van der Waals surface area contributed by atoms with E-state index in [4.69, 9.17) is 4.74 Å². The van der Waals surface area contributed by atoms with E-state index in [1.54, 1.807) is 18.2 Å². The fourth-order valence-corrected chi connectivity index (χ4v) is 4.74. The van der Waals surface area contributed by atoms with Crippen LogP contribution < -0.4 is 10.6 Å². The summed E-state index contributed by atoms with van der Waals surface area (Å²) in [5.74, 6) is -1.06. The number of hydrogen-bond donors (Lipinski definition) is 2. The van der Waals surface area contributed by atoms with Gasteiger partial charge in [0, 0.05) is 36.3 Å². The smallest absolute Gasteiger partial charge is 0.327 e. The quantitative estimate of drug-likeness (QED) is 0.591. The molecule has 0 aromatic heterocycles. The van der Waals surface area contributed by atoms with Gasteiger partial charge in [-0.15, -0.1) is 0 Å². The average Bonchev–Trinajstić information content (AvgIpc) is 3.18. The zero-order chi connectivity index (χ0) is 22.8. The molecule has 0 radical (unpaired) electrons. The van der Waals surface area contributed by atoms with Crippen molar-refractivity contribution in [1.29, 1.82) is 0 Å². The molecule has 2 atom stereocenters. The SMILES string of the molecule is O=C(NCc1ccccc1F)C1CNCC2C(=O)OC(c3ccccc3)(c3ccccc3)N12. The maximum Gasteiger partial charge on any atom is 0.327 e. The molecule has 2 heterocycles. The predicted octanol–water partition coefficient (Wildman–Crippen LogP) is 2.54. The van der Waals surface area contributed by atoms with Gasteiger partial charge in [0.1, 0.15) is 17.9 Å². The normalized spacial score (nSPS) is 21.8. The summed E-state index contributed by atoms with van der Waals surface area (Å²) in [5, 5.41) is 6.04. The highest BCUT2D eigenvalue weighted by molar-refractivity contribution is 5.86. The van der Waals surface area contributed by atoms with E-state index in [1.165, 1.54) is 6.07 Å². The van der Waals surface area contributed by atoms with E-state index < -0.39 is 17.8 Å². The van der Waals surface area contributed by atoms with Crippen LogP contribution in [0.2, 0.25) is 0 Å². The number of amides is 1. The number of halogens is 1. The van der Waals surface area contributed by atoms with Crippen molar-refractivity contribution in [3.63, 3.8) is 0 Å². The van der Waals surface area contributed by atoms with E-state index in [-0.39, 0.29) is 24.2 Å². The van der Waals surface area contributed by atoms with Crippen molar-refractivity contribution in [1.82, 2.24) is 15.5 Å². The van der Waals surface area contributed by atoms with Crippen molar-refractivity contribution >= 4 is 11.9 Å². The molecule has 0 aliphatic carbocycles. The second-order valence-corrected chi connectivity index (χ2v) is 8.20. The summed E-state index contributed by atoms with van der Waals surface area (Å²) in [7, 11) is 0. The largest absolute Gasteiger partial charge is 0.434 e. The van der Waals surface area contributed by atoms with Crippen LogP contribution in [0, 0.1) is 5.82 Å². The average molecular weight is 445 g/mol. The Bertz CT molecular complexity index is 1120. The highest BCUT2D eigenvalue weighted by atomic mass is 19.1. The van der Waals surface area contributed by atoms with Crippen LogP contribution in [0.15, 0.2) is 84.9 Å². The van der Waals surface area contributed by atoms with Gasteiger partial charge in [0.2, 0.25) is 11.6 Å². The minimum absolute atomic E-state index is 0.0546. The van der Waals surface area contributed by atoms with Crippen molar-refractivity contribution in [2.45, 2.75) is 24.4 Å². The number of carbonyl (C=O) groups is 2. The number of nitrogens with zero attached hydrogens (tertiary/aromatic N) is 1. The molecule has 1 amide bonds. The van der Waals surface area contributed by atoms with Gasteiger partial charge in [0.05, 0.1) is 0 Å². The standard InChI is InChI=1S/C26H24FN3O3/c27-21-14-8-7-9-18(21)15-29-24(31)22-16-28-17-23-25(32)33-26(30(22)23,19-10-3-1-4-11-19)20-12-5-2-6-13-20/h1-14,22-23,28H,15-17H2,(H,29,31). The van der Waals surface area contributed by atoms with Crippen molar-refractivity contribution in [3.8, 4) is 0 Å². The summed E-state index contributed by atoms with van der Waals surface area (Å²) >= 11 is 0. The number of fused-ring (bicyclic) bond motifs is 1. The molecule has 2 N–H and O–H groups in total. The van der Waals surface area contributed by atoms with Gasteiger partial charge in [0.15, 0.2) is 0 Å². The van der Waals surface area contributed by atoms with E-state index in [0.717, 1.165) is 11.1 Å². The summed E-state index contributed by atoms with van der Waals surface area (Å²) in [6.45, 7) is 0.758. The molecule has 2 aliphatic rings. The first kappa shape index (κ1) is 21.3. The van der Waals surface area contributed by atoms with Crippen molar-refractivity contribution in [2.75, 3.05) is 13.1 Å². The maximum absolute atomic E-state index is 14.1. The molecule has 168 valence electrons. The van der Waals surface area contributed by atoms with Crippen LogP contribution >= 0.6 is 0 Å². The first-order valence-corrected chi connectivity index (χ1v) is 11.0. The van der Waals surface area contributed by atoms with Crippen LogP contribution in [0.4, 0.5) is 4.39 Å². The maximum atomic E-state index is 14.1. The van der Waals surface area contributed by atoms with E-state index >= 15 is 0 Å². The highest BCUT2D eigenvalue weighted by Gasteiger charge is 2.60. The summed E-state index contributed by atoms with van der Waals surface area (Å²) in [6, 6.07) is 23.9. The molecule has 7 heteroatoms. The Morgan fingerprint density at radius 1 is 0.970 bits per heavy atom. The first-order chi connectivity index (χ1) is 16.1. The summed E-state index contributed by atoms with van der Waals surface area (Å²) in [5.41, 5.74) is 0.686. The minimum atomic E-state index is -1.24. The fraction of sp³-hybridized carbons (Fsp3) is 0.231. The van der Waals surface area contributed by atoms with Gasteiger partial charge in [-0.3, -0.25) is 9.59 Å². The van der Waals surface area contributed by atoms with Gasteiger partial charge in [-0.25, -0.2) is 9.29 Å². The lowest BCUT2D eigenvalue weighted by Crippen LogP contribution is -2.65.